The minimum atomic E-state index is -0.732. The maximum atomic E-state index is 13.1. The van der Waals surface area contributed by atoms with E-state index in [2.05, 4.69) is 27.7 Å². The molecule has 9 nitrogen and oxygen atoms in total. The van der Waals surface area contributed by atoms with Crippen LogP contribution in [0, 0.1) is 0 Å². The summed E-state index contributed by atoms with van der Waals surface area (Å²) >= 11 is 0. The van der Waals surface area contributed by atoms with Gasteiger partial charge in [-0.15, -0.1) is 0 Å². The molecule has 202 valence electrons. The largest absolute Gasteiger partial charge is 0.420 e. The molecule has 1 aliphatic rings. The van der Waals surface area contributed by atoms with Crippen LogP contribution in [0.15, 0.2) is 57.7 Å². The number of Topliss-reactive ketones (excluding diaryl/α,β-unsaturated/α-hetero) is 1. The monoisotopic (exact) mass is 520 g/mol. The summed E-state index contributed by atoms with van der Waals surface area (Å²) in [7, 11) is 0. The molecule has 2 aromatic carbocycles. The fourth-order valence-electron chi connectivity index (χ4n) is 4.92. The smallest absolute Gasteiger partial charge is 0.408 e. The van der Waals surface area contributed by atoms with Crippen molar-refractivity contribution in [2.75, 3.05) is 24.5 Å². The Morgan fingerprint density at radius 1 is 1.03 bits per heavy atom. The van der Waals surface area contributed by atoms with E-state index in [9.17, 15) is 19.2 Å². The van der Waals surface area contributed by atoms with Gasteiger partial charge in [0.1, 0.15) is 18.4 Å². The van der Waals surface area contributed by atoms with Crippen molar-refractivity contribution in [3.05, 3.63) is 64.6 Å². The van der Waals surface area contributed by atoms with Crippen LogP contribution in [-0.4, -0.2) is 47.8 Å². The molecule has 0 saturated heterocycles. The van der Waals surface area contributed by atoms with E-state index >= 15 is 0 Å². The van der Waals surface area contributed by atoms with Crippen LogP contribution in [0.25, 0.3) is 11.1 Å². The van der Waals surface area contributed by atoms with Crippen molar-refractivity contribution in [2.45, 2.75) is 64.5 Å². The first-order valence-electron chi connectivity index (χ1n) is 13.5. The third-order valence-corrected chi connectivity index (χ3v) is 7.03. The quantitative estimate of drug-likeness (QED) is 0.316. The summed E-state index contributed by atoms with van der Waals surface area (Å²) in [6.45, 7) is 3.66. The number of oxazole rings is 1. The molecular weight excluding hydrogens is 484 g/mol. The number of unbranched alkanes of at least 4 members (excludes halogenated alkanes) is 2. The first-order chi connectivity index (χ1) is 18.5. The van der Waals surface area contributed by atoms with E-state index in [0.29, 0.717) is 49.9 Å². The molecule has 1 aromatic heterocycles. The summed E-state index contributed by atoms with van der Waals surface area (Å²) in [6, 6.07) is 14.5. The Kier molecular flexibility index (Phi) is 9.35. The highest BCUT2D eigenvalue weighted by molar-refractivity contribution is 5.88. The van der Waals surface area contributed by atoms with Crippen molar-refractivity contribution in [2.24, 2.45) is 0 Å². The molecule has 2 N–H and O–H groups in total. The number of anilines is 1. The molecule has 0 bridgehead atoms. The predicted molar refractivity (Wildman–Crippen MR) is 146 cm³/mol. The van der Waals surface area contributed by atoms with Crippen molar-refractivity contribution in [3.63, 3.8) is 0 Å². The van der Waals surface area contributed by atoms with E-state index in [1.54, 1.807) is 24.3 Å². The molecule has 0 radical (unpaired) electrons. The summed E-state index contributed by atoms with van der Waals surface area (Å²) in [6.07, 6.45) is 4.76. The maximum absolute atomic E-state index is 13.1. The number of hydrogen-bond acceptors (Lipinski definition) is 6. The van der Waals surface area contributed by atoms with E-state index < -0.39 is 17.7 Å². The van der Waals surface area contributed by atoms with Gasteiger partial charge in [0.15, 0.2) is 5.58 Å². The number of carbonyl (C=O) groups excluding carboxylic acids is 3. The Morgan fingerprint density at radius 2 is 1.82 bits per heavy atom. The maximum Gasteiger partial charge on any atom is 0.420 e. The molecule has 0 fully saturated rings. The van der Waals surface area contributed by atoms with Crippen molar-refractivity contribution in [1.29, 1.82) is 0 Å². The third kappa shape index (κ3) is 6.90. The van der Waals surface area contributed by atoms with Crippen LogP contribution in [0.2, 0.25) is 0 Å². The number of amides is 2. The van der Waals surface area contributed by atoms with Crippen molar-refractivity contribution >= 4 is 34.4 Å². The predicted octanol–water partition coefficient (Wildman–Crippen LogP) is 3.19. The Morgan fingerprint density at radius 3 is 2.66 bits per heavy atom. The summed E-state index contributed by atoms with van der Waals surface area (Å²) < 4.78 is 6.48. The van der Waals surface area contributed by atoms with Crippen LogP contribution in [0.5, 0.6) is 0 Å². The number of benzene rings is 2. The molecule has 1 atom stereocenters. The second-order valence-corrected chi connectivity index (χ2v) is 9.69. The van der Waals surface area contributed by atoms with E-state index in [-0.39, 0.29) is 18.2 Å². The fourth-order valence-corrected chi connectivity index (χ4v) is 4.92. The van der Waals surface area contributed by atoms with Gasteiger partial charge in [0, 0.05) is 38.2 Å². The fraction of sp³-hybridized carbons (Fsp3) is 0.448. The molecule has 38 heavy (non-hydrogen) atoms. The average molecular weight is 521 g/mol. The van der Waals surface area contributed by atoms with E-state index in [1.807, 2.05) is 19.1 Å². The minimum Gasteiger partial charge on any atom is -0.408 e. The number of para-hydroxylation sites is 3. The van der Waals surface area contributed by atoms with Crippen molar-refractivity contribution < 1.29 is 18.8 Å². The number of carbonyl (C=O) groups is 3. The van der Waals surface area contributed by atoms with Gasteiger partial charge in [-0.05, 0) is 43.0 Å². The topological polar surface area (TPSA) is 114 Å². The van der Waals surface area contributed by atoms with Gasteiger partial charge in [-0.2, -0.15) is 0 Å². The second kappa shape index (κ2) is 13.1. The van der Waals surface area contributed by atoms with Crippen molar-refractivity contribution in [3.8, 4) is 0 Å². The number of aromatic nitrogens is 1. The van der Waals surface area contributed by atoms with Gasteiger partial charge in [-0.25, -0.2) is 4.79 Å². The molecular formula is C29H36N4O5. The minimum absolute atomic E-state index is 0.230. The lowest BCUT2D eigenvalue weighted by atomic mass is 10.0. The summed E-state index contributed by atoms with van der Waals surface area (Å²) in [5.41, 5.74) is 3.45. The van der Waals surface area contributed by atoms with E-state index in [0.717, 1.165) is 25.8 Å². The zero-order valence-electron chi connectivity index (χ0n) is 21.9. The van der Waals surface area contributed by atoms with Crippen LogP contribution >= 0.6 is 0 Å². The first-order valence-corrected chi connectivity index (χ1v) is 13.5. The molecule has 9 heteroatoms. The summed E-state index contributed by atoms with van der Waals surface area (Å²) in [4.78, 5) is 52.1. The van der Waals surface area contributed by atoms with Gasteiger partial charge in [0.2, 0.25) is 11.8 Å². The highest BCUT2D eigenvalue weighted by Crippen LogP contribution is 2.26. The molecule has 0 aliphatic carbocycles. The Hall–Kier alpha value is -3.88. The third-order valence-electron chi connectivity index (χ3n) is 7.03. The number of rotatable bonds is 14. The van der Waals surface area contributed by atoms with Gasteiger partial charge in [0.05, 0.1) is 5.52 Å². The lowest BCUT2D eigenvalue weighted by molar-refractivity contribution is -0.129. The Balaban J connectivity index is 1.34. The average Bonchev–Trinajstić information content (AvgIpc) is 3.47. The SMILES string of the molecule is CCC(=O)CCCCC[C@H](NC(=O)Cn1c(=O)oc2ccccc21)C(=O)NCCN1CCc2ccccc21. The van der Waals surface area contributed by atoms with Crippen LogP contribution in [0.3, 0.4) is 0 Å². The molecule has 2 amide bonds. The van der Waals surface area contributed by atoms with Crippen LogP contribution in [0.1, 0.15) is 51.0 Å². The zero-order valence-corrected chi connectivity index (χ0v) is 21.9. The van der Waals surface area contributed by atoms with E-state index in [1.165, 1.54) is 15.8 Å². The zero-order chi connectivity index (χ0) is 26.9. The number of nitrogens with one attached hydrogen (secondary N) is 2. The van der Waals surface area contributed by atoms with E-state index in [4.69, 9.17) is 4.42 Å². The molecule has 0 unspecified atom stereocenters. The number of ketones is 1. The molecule has 1 aliphatic heterocycles. The number of fused-ring (bicyclic) bond motifs is 2. The highest BCUT2D eigenvalue weighted by Gasteiger charge is 2.23. The second-order valence-electron chi connectivity index (χ2n) is 9.69. The van der Waals surface area contributed by atoms with Gasteiger partial charge in [-0.1, -0.05) is 50.1 Å². The van der Waals surface area contributed by atoms with Crippen LogP contribution < -0.4 is 21.3 Å². The van der Waals surface area contributed by atoms with Crippen molar-refractivity contribution in [1.82, 2.24) is 15.2 Å². The van der Waals surface area contributed by atoms with Gasteiger partial charge in [-0.3, -0.25) is 19.0 Å². The Bertz CT molecular complexity index is 1330. The molecule has 4 rings (SSSR count). The molecule has 3 aromatic rings. The molecule has 0 saturated carbocycles. The lowest BCUT2D eigenvalue weighted by Crippen LogP contribution is -2.49. The highest BCUT2D eigenvalue weighted by atomic mass is 16.4. The lowest BCUT2D eigenvalue weighted by Gasteiger charge is -2.22. The van der Waals surface area contributed by atoms with Gasteiger partial charge in [0.25, 0.3) is 0 Å². The van der Waals surface area contributed by atoms with Gasteiger partial charge < -0.3 is 20.0 Å². The Labute approximate surface area is 222 Å². The summed E-state index contributed by atoms with van der Waals surface area (Å²) in [5, 5.41) is 5.80. The summed E-state index contributed by atoms with van der Waals surface area (Å²) in [5.74, 6) is -1.07. The standard InChI is InChI=1S/C29H36N4O5/c1-2-22(34)11-4-3-5-12-23(28(36)30-17-19-32-18-16-21-10-6-7-13-24(21)32)31-27(35)20-33-25-14-8-9-15-26(25)38-29(33)37/h6-10,13-15,23H,2-5,11-12,16-20H2,1H3,(H,30,36)(H,31,35)/t23-/m0/s1. The number of nitrogens with zero attached hydrogens (tertiary/aromatic N) is 2. The van der Waals surface area contributed by atoms with Crippen LogP contribution in [0.4, 0.5) is 5.69 Å². The first kappa shape index (κ1) is 27.2. The molecule has 2 heterocycles. The molecule has 0 spiro atoms. The van der Waals surface area contributed by atoms with Gasteiger partial charge >= 0.3 is 5.76 Å². The normalized spacial score (nSPS) is 13.3. The number of hydrogen-bond donors (Lipinski definition) is 2. The van der Waals surface area contributed by atoms with Crippen LogP contribution in [-0.2, 0) is 27.3 Å².